The van der Waals surface area contributed by atoms with Gasteiger partial charge < -0.3 is 10.6 Å². The molecular weight excluding hydrogens is 309 g/mol. The van der Waals surface area contributed by atoms with Crippen molar-refractivity contribution in [3.05, 3.63) is 59.7 Å². The summed E-state index contributed by atoms with van der Waals surface area (Å²) in [5.41, 5.74) is -0.0204. The number of rotatable bonds is 3. The van der Waals surface area contributed by atoms with Crippen molar-refractivity contribution >= 4 is 23.2 Å². The van der Waals surface area contributed by atoms with Crippen LogP contribution in [0, 0.1) is 0 Å². The minimum Gasteiger partial charge on any atom is -0.326 e. The molecule has 0 heterocycles. The van der Waals surface area contributed by atoms with E-state index < -0.39 is 17.6 Å². The molecule has 0 bridgehead atoms. The summed E-state index contributed by atoms with van der Waals surface area (Å²) in [7, 11) is 0. The van der Waals surface area contributed by atoms with Gasteiger partial charge in [-0.2, -0.15) is 13.2 Å². The second-order valence-corrected chi connectivity index (χ2v) is 4.79. The largest absolute Gasteiger partial charge is 0.416 e. The molecule has 2 amide bonds. The number of carbonyl (C=O) groups excluding carboxylic acids is 2. The first-order valence-corrected chi connectivity index (χ1v) is 6.62. The molecule has 23 heavy (non-hydrogen) atoms. The second kappa shape index (κ2) is 6.51. The smallest absolute Gasteiger partial charge is 0.326 e. The molecule has 7 heteroatoms. The Morgan fingerprint density at radius 1 is 0.913 bits per heavy atom. The van der Waals surface area contributed by atoms with E-state index in [4.69, 9.17) is 0 Å². The predicted molar refractivity (Wildman–Crippen MR) is 80.1 cm³/mol. The summed E-state index contributed by atoms with van der Waals surface area (Å²) in [4.78, 5) is 22.9. The van der Waals surface area contributed by atoms with Gasteiger partial charge in [-0.15, -0.1) is 0 Å². The molecule has 0 fully saturated rings. The molecule has 0 aliphatic rings. The highest BCUT2D eigenvalue weighted by molar-refractivity contribution is 6.04. The number of amides is 2. The lowest BCUT2D eigenvalue weighted by Crippen LogP contribution is -2.14. The molecule has 0 aliphatic heterocycles. The maximum Gasteiger partial charge on any atom is 0.416 e. The molecule has 0 saturated carbocycles. The van der Waals surface area contributed by atoms with Crippen LogP contribution in [0.2, 0.25) is 0 Å². The number of hydrogen-bond donors (Lipinski definition) is 2. The zero-order valence-electron chi connectivity index (χ0n) is 12.1. The summed E-state index contributed by atoms with van der Waals surface area (Å²) in [6, 6.07) is 10.4. The SMILES string of the molecule is CC(=O)Nc1ccc(NC(=O)c2cccc(C(F)(F)F)c2)cc1. The van der Waals surface area contributed by atoms with Crippen LogP contribution in [0.15, 0.2) is 48.5 Å². The van der Waals surface area contributed by atoms with Gasteiger partial charge in [0.15, 0.2) is 0 Å². The third-order valence-corrected chi connectivity index (χ3v) is 2.92. The quantitative estimate of drug-likeness (QED) is 0.900. The Labute approximate surface area is 130 Å². The molecule has 0 atom stereocenters. The van der Waals surface area contributed by atoms with Gasteiger partial charge >= 0.3 is 6.18 Å². The van der Waals surface area contributed by atoms with Gasteiger partial charge in [-0.25, -0.2) is 0 Å². The fraction of sp³-hybridized carbons (Fsp3) is 0.125. The number of anilines is 2. The third kappa shape index (κ3) is 4.57. The minimum atomic E-state index is -4.50. The summed E-state index contributed by atoms with van der Waals surface area (Å²) in [5.74, 6) is -0.880. The van der Waals surface area contributed by atoms with Crippen LogP contribution >= 0.6 is 0 Å². The molecule has 0 saturated heterocycles. The number of benzene rings is 2. The van der Waals surface area contributed by atoms with Gasteiger partial charge in [0.25, 0.3) is 5.91 Å². The highest BCUT2D eigenvalue weighted by Crippen LogP contribution is 2.29. The highest BCUT2D eigenvalue weighted by Gasteiger charge is 2.30. The standard InChI is InChI=1S/C16H13F3N2O2/c1-10(22)20-13-5-7-14(8-6-13)21-15(23)11-3-2-4-12(9-11)16(17,18)19/h2-9H,1H3,(H,20,22)(H,21,23). The van der Waals surface area contributed by atoms with Gasteiger partial charge in [0, 0.05) is 23.9 Å². The van der Waals surface area contributed by atoms with Crippen LogP contribution in [0.4, 0.5) is 24.5 Å². The molecule has 2 N–H and O–H groups in total. The Hall–Kier alpha value is -2.83. The molecule has 120 valence electrons. The van der Waals surface area contributed by atoms with Gasteiger partial charge in [0.2, 0.25) is 5.91 Å². The van der Waals surface area contributed by atoms with Crippen molar-refractivity contribution < 1.29 is 22.8 Å². The van der Waals surface area contributed by atoms with Gasteiger partial charge in [0.1, 0.15) is 0 Å². The highest BCUT2D eigenvalue weighted by atomic mass is 19.4. The molecule has 0 aliphatic carbocycles. The van der Waals surface area contributed by atoms with Crippen LogP contribution in [0.25, 0.3) is 0 Å². The van der Waals surface area contributed by atoms with Crippen LogP contribution in [0.5, 0.6) is 0 Å². The molecule has 0 radical (unpaired) electrons. The van der Waals surface area contributed by atoms with Crippen LogP contribution in [0.1, 0.15) is 22.8 Å². The maximum absolute atomic E-state index is 12.6. The summed E-state index contributed by atoms with van der Waals surface area (Å²) in [5, 5.41) is 5.06. The monoisotopic (exact) mass is 322 g/mol. The average molecular weight is 322 g/mol. The number of hydrogen-bond acceptors (Lipinski definition) is 2. The topological polar surface area (TPSA) is 58.2 Å². The van der Waals surface area contributed by atoms with Crippen LogP contribution in [0.3, 0.4) is 0 Å². The Morgan fingerprint density at radius 2 is 1.48 bits per heavy atom. The first-order valence-electron chi connectivity index (χ1n) is 6.62. The molecule has 2 aromatic carbocycles. The summed E-state index contributed by atoms with van der Waals surface area (Å²) < 4.78 is 37.9. The van der Waals surface area contributed by atoms with Crippen LogP contribution in [-0.4, -0.2) is 11.8 Å². The van der Waals surface area contributed by atoms with Gasteiger partial charge in [0.05, 0.1) is 5.56 Å². The summed E-state index contributed by atoms with van der Waals surface area (Å²) >= 11 is 0. The molecule has 0 spiro atoms. The van der Waals surface area contributed by atoms with Crippen molar-refractivity contribution in [1.29, 1.82) is 0 Å². The van der Waals surface area contributed by atoms with Crippen molar-refractivity contribution in [2.24, 2.45) is 0 Å². The lowest BCUT2D eigenvalue weighted by Gasteiger charge is -2.10. The molecule has 2 rings (SSSR count). The van der Waals surface area contributed by atoms with Crippen molar-refractivity contribution in [2.45, 2.75) is 13.1 Å². The van der Waals surface area contributed by atoms with E-state index in [9.17, 15) is 22.8 Å². The minimum absolute atomic E-state index is 0.0919. The fourth-order valence-corrected chi connectivity index (χ4v) is 1.88. The molecular formula is C16H13F3N2O2. The van der Waals surface area contributed by atoms with E-state index in [1.807, 2.05) is 0 Å². The first-order chi connectivity index (χ1) is 10.8. The summed E-state index contributed by atoms with van der Waals surface area (Å²) in [6.45, 7) is 1.36. The molecule has 4 nitrogen and oxygen atoms in total. The number of alkyl halides is 3. The average Bonchev–Trinajstić information content (AvgIpc) is 2.48. The molecule has 0 unspecified atom stereocenters. The van der Waals surface area contributed by atoms with E-state index in [0.717, 1.165) is 12.1 Å². The Balaban J connectivity index is 2.11. The van der Waals surface area contributed by atoms with Crippen LogP contribution < -0.4 is 10.6 Å². The zero-order valence-corrected chi connectivity index (χ0v) is 12.1. The van der Waals surface area contributed by atoms with Crippen molar-refractivity contribution in [3.63, 3.8) is 0 Å². The Bertz CT molecular complexity index is 725. The number of nitrogens with one attached hydrogen (secondary N) is 2. The van der Waals surface area contributed by atoms with Gasteiger partial charge in [-0.05, 0) is 42.5 Å². The van der Waals surface area contributed by atoms with Gasteiger partial charge in [-0.1, -0.05) is 6.07 Å². The Kier molecular flexibility index (Phi) is 4.68. The van der Waals surface area contributed by atoms with E-state index in [1.54, 1.807) is 12.1 Å². The van der Waals surface area contributed by atoms with E-state index in [2.05, 4.69) is 10.6 Å². The first kappa shape index (κ1) is 16.5. The zero-order chi connectivity index (χ0) is 17.0. The van der Waals surface area contributed by atoms with E-state index in [-0.39, 0.29) is 11.5 Å². The lowest BCUT2D eigenvalue weighted by molar-refractivity contribution is -0.137. The van der Waals surface area contributed by atoms with Gasteiger partial charge in [-0.3, -0.25) is 9.59 Å². The van der Waals surface area contributed by atoms with Crippen LogP contribution in [-0.2, 0) is 11.0 Å². The lowest BCUT2D eigenvalue weighted by atomic mass is 10.1. The van der Waals surface area contributed by atoms with Crippen molar-refractivity contribution in [3.8, 4) is 0 Å². The van der Waals surface area contributed by atoms with Crippen molar-refractivity contribution in [1.82, 2.24) is 0 Å². The van der Waals surface area contributed by atoms with E-state index in [0.29, 0.717) is 11.4 Å². The number of halogens is 3. The molecule has 2 aromatic rings. The van der Waals surface area contributed by atoms with Crippen molar-refractivity contribution in [2.75, 3.05) is 10.6 Å². The Morgan fingerprint density at radius 3 is 2.00 bits per heavy atom. The summed E-state index contributed by atoms with van der Waals surface area (Å²) in [6.07, 6.45) is -4.50. The van der Waals surface area contributed by atoms with E-state index in [1.165, 1.54) is 31.2 Å². The predicted octanol–water partition coefficient (Wildman–Crippen LogP) is 3.92. The maximum atomic E-state index is 12.6. The molecule has 0 aromatic heterocycles. The fourth-order valence-electron chi connectivity index (χ4n) is 1.88. The second-order valence-electron chi connectivity index (χ2n) is 4.79. The van der Waals surface area contributed by atoms with E-state index >= 15 is 0 Å². The normalized spacial score (nSPS) is 11.0. The number of carbonyl (C=O) groups is 2. The third-order valence-electron chi connectivity index (χ3n) is 2.92.